The van der Waals surface area contributed by atoms with Crippen LogP contribution in [0.5, 0.6) is 11.8 Å². The molecule has 0 atom stereocenters. The molecule has 1 aromatic carbocycles. The van der Waals surface area contributed by atoms with Crippen molar-refractivity contribution in [1.82, 2.24) is 15.3 Å². The van der Waals surface area contributed by atoms with Gasteiger partial charge in [-0.15, -0.1) is 0 Å². The first-order valence-corrected chi connectivity index (χ1v) is 9.18. The van der Waals surface area contributed by atoms with Crippen molar-refractivity contribution in [3.05, 3.63) is 23.5 Å². The summed E-state index contributed by atoms with van der Waals surface area (Å²) in [6.45, 7) is 0.656. The van der Waals surface area contributed by atoms with E-state index in [1.165, 1.54) is 40.6 Å². The molecule has 1 N–H and O–H groups in total. The summed E-state index contributed by atoms with van der Waals surface area (Å²) in [5.74, 6) is -0.0444. The molecule has 138 valence electrons. The second-order valence-electron chi connectivity index (χ2n) is 5.05. The summed E-state index contributed by atoms with van der Waals surface area (Å²) >= 11 is 0. The van der Waals surface area contributed by atoms with Crippen LogP contribution in [-0.2, 0) is 20.2 Å². The molecule has 0 radical (unpaired) electrons. The van der Waals surface area contributed by atoms with E-state index in [1.54, 1.807) is 0 Å². The number of halogens is 1. The van der Waals surface area contributed by atoms with Crippen molar-refractivity contribution in [1.29, 1.82) is 0 Å². The Labute approximate surface area is 145 Å². The summed E-state index contributed by atoms with van der Waals surface area (Å²) < 4.78 is 45.8. The second kappa shape index (κ2) is 8.53. The largest absolute Gasteiger partial charge is 0.477 e. The molecule has 0 unspecified atom stereocenters. The molecule has 0 spiro atoms. The zero-order valence-electron chi connectivity index (χ0n) is 14.5. The quantitative estimate of drug-likeness (QED) is 0.529. The van der Waals surface area contributed by atoms with Crippen LogP contribution in [0.2, 0.25) is 0 Å². The average Bonchev–Trinajstić information content (AvgIpc) is 2.63. The van der Waals surface area contributed by atoms with Gasteiger partial charge in [0.05, 0.1) is 31.4 Å². The predicted octanol–water partition coefficient (Wildman–Crippen LogP) is 2.36. The molecule has 0 aliphatic carbocycles. The van der Waals surface area contributed by atoms with Crippen LogP contribution in [0, 0.1) is 5.82 Å². The van der Waals surface area contributed by atoms with E-state index in [2.05, 4.69) is 15.3 Å². The number of ether oxygens (including phenoxy) is 2. The van der Waals surface area contributed by atoms with Gasteiger partial charge in [-0.1, -0.05) is 0 Å². The number of benzene rings is 1. The maximum Gasteiger partial charge on any atom is 0.331 e. The molecule has 1 heterocycles. The number of methoxy groups -OCH3 is 2. The summed E-state index contributed by atoms with van der Waals surface area (Å²) in [6, 6.07) is 2.64. The Hall–Kier alpha value is -1.80. The van der Waals surface area contributed by atoms with Crippen LogP contribution in [-0.4, -0.2) is 51.1 Å². The maximum absolute atomic E-state index is 13.9. The van der Waals surface area contributed by atoms with Gasteiger partial charge in [-0.2, -0.15) is 0 Å². The Balaban J connectivity index is 2.21. The topological polar surface area (TPSA) is 91.8 Å². The summed E-state index contributed by atoms with van der Waals surface area (Å²) in [7, 11) is 2.47. The van der Waals surface area contributed by atoms with Gasteiger partial charge in [-0.3, -0.25) is 4.57 Å². The molecule has 0 aliphatic rings. The van der Waals surface area contributed by atoms with E-state index < -0.39 is 13.4 Å². The molecular formula is C15H21FN3O5P. The molecule has 25 heavy (non-hydrogen) atoms. The minimum Gasteiger partial charge on any atom is -0.477 e. The van der Waals surface area contributed by atoms with Gasteiger partial charge in [0, 0.05) is 33.4 Å². The van der Waals surface area contributed by atoms with Gasteiger partial charge in [-0.05, 0) is 11.6 Å². The highest BCUT2D eigenvalue weighted by molar-refractivity contribution is 7.53. The molecule has 0 saturated carbocycles. The zero-order valence-corrected chi connectivity index (χ0v) is 15.4. The Morgan fingerprint density at radius 3 is 2.32 bits per heavy atom. The van der Waals surface area contributed by atoms with Gasteiger partial charge in [0.15, 0.2) is 0 Å². The Morgan fingerprint density at radius 2 is 1.72 bits per heavy atom. The summed E-state index contributed by atoms with van der Waals surface area (Å²) in [6.07, 6.45) is 0.191. The van der Waals surface area contributed by atoms with Crippen LogP contribution < -0.4 is 14.8 Å². The number of nitrogens with one attached hydrogen (secondary N) is 1. The van der Waals surface area contributed by atoms with E-state index >= 15 is 0 Å². The molecule has 0 saturated heterocycles. The highest BCUT2D eigenvalue weighted by atomic mass is 31.2. The minimum absolute atomic E-state index is 0.181. The number of fused-ring (bicyclic) bond motifs is 1. The normalized spacial score (nSPS) is 11.7. The molecule has 0 bridgehead atoms. The molecule has 2 aromatic rings. The molecule has 10 heteroatoms. The lowest BCUT2D eigenvalue weighted by molar-refractivity contribution is 0.275. The monoisotopic (exact) mass is 373 g/mol. The molecule has 8 nitrogen and oxygen atoms in total. The van der Waals surface area contributed by atoms with Crippen molar-refractivity contribution in [3.63, 3.8) is 0 Å². The van der Waals surface area contributed by atoms with Crippen molar-refractivity contribution in [2.24, 2.45) is 0 Å². The molecule has 2 rings (SSSR count). The first-order valence-electron chi connectivity index (χ1n) is 7.45. The fourth-order valence-corrected chi connectivity index (χ4v) is 3.20. The fraction of sp³-hybridized carbons (Fsp3) is 0.467. The molecule has 1 aromatic heterocycles. The van der Waals surface area contributed by atoms with Crippen molar-refractivity contribution >= 4 is 18.6 Å². The van der Waals surface area contributed by atoms with Crippen LogP contribution in [0.1, 0.15) is 5.56 Å². The Kier molecular flexibility index (Phi) is 6.66. The molecule has 0 aliphatic heterocycles. The van der Waals surface area contributed by atoms with E-state index in [1.807, 2.05) is 0 Å². The minimum atomic E-state index is -3.08. The van der Waals surface area contributed by atoms with E-state index in [0.29, 0.717) is 29.7 Å². The first kappa shape index (κ1) is 19.5. The van der Waals surface area contributed by atoms with Crippen LogP contribution in [0.15, 0.2) is 12.1 Å². The lowest BCUT2D eigenvalue weighted by atomic mass is 10.1. The SMILES string of the molecule is COc1nc2cc(F)cc(CNCCP(=O)(OC)OC)c2nc1OC. The van der Waals surface area contributed by atoms with Crippen molar-refractivity contribution in [2.45, 2.75) is 6.54 Å². The molecule has 0 amide bonds. The number of rotatable bonds is 9. The van der Waals surface area contributed by atoms with Crippen LogP contribution in [0.4, 0.5) is 4.39 Å². The van der Waals surface area contributed by atoms with Gasteiger partial charge in [0.1, 0.15) is 5.82 Å². The van der Waals surface area contributed by atoms with Crippen LogP contribution >= 0.6 is 7.60 Å². The maximum atomic E-state index is 13.9. The van der Waals surface area contributed by atoms with E-state index in [9.17, 15) is 8.96 Å². The van der Waals surface area contributed by atoms with Crippen molar-refractivity contribution in [3.8, 4) is 11.8 Å². The summed E-state index contributed by atoms with van der Waals surface area (Å²) in [5, 5.41) is 3.07. The highest BCUT2D eigenvalue weighted by Gasteiger charge is 2.20. The highest BCUT2D eigenvalue weighted by Crippen LogP contribution is 2.45. The zero-order chi connectivity index (χ0) is 18.4. The second-order valence-corrected chi connectivity index (χ2v) is 7.45. The third kappa shape index (κ3) is 4.64. The number of hydrogen-bond donors (Lipinski definition) is 1. The molecule has 0 fully saturated rings. The third-order valence-corrected chi connectivity index (χ3v) is 5.46. The van der Waals surface area contributed by atoms with Gasteiger partial charge < -0.3 is 23.8 Å². The number of aromatic nitrogens is 2. The third-order valence-electron chi connectivity index (χ3n) is 3.57. The van der Waals surface area contributed by atoms with Gasteiger partial charge in [-0.25, -0.2) is 14.4 Å². The number of nitrogens with zero attached hydrogens (tertiary/aromatic N) is 2. The van der Waals surface area contributed by atoms with Crippen LogP contribution in [0.3, 0.4) is 0 Å². The van der Waals surface area contributed by atoms with Gasteiger partial charge in [0.25, 0.3) is 11.8 Å². The lowest BCUT2D eigenvalue weighted by Crippen LogP contribution is -2.19. The average molecular weight is 373 g/mol. The first-order chi connectivity index (χ1) is 12.0. The van der Waals surface area contributed by atoms with Gasteiger partial charge in [0.2, 0.25) is 0 Å². The van der Waals surface area contributed by atoms with Crippen molar-refractivity contribution < 1.29 is 27.5 Å². The fourth-order valence-electron chi connectivity index (χ4n) is 2.26. The lowest BCUT2D eigenvalue weighted by Gasteiger charge is -2.14. The standard InChI is InChI=1S/C15H21FN3O5P/c1-21-14-15(22-2)19-13-10(7-11(16)8-12(13)18-14)9-17-5-6-25(20,23-3)24-4/h7-8,17H,5-6,9H2,1-4H3. The Morgan fingerprint density at radius 1 is 1.08 bits per heavy atom. The van der Waals surface area contributed by atoms with E-state index in [4.69, 9.17) is 18.5 Å². The summed E-state index contributed by atoms with van der Waals surface area (Å²) in [5.41, 5.74) is 1.44. The van der Waals surface area contributed by atoms with Crippen LogP contribution in [0.25, 0.3) is 11.0 Å². The van der Waals surface area contributed by atoms with Gasteiger partial charge >= 0.3 is 7.60 Å². The van der Waals surface area contributed by atoms with E-state index in [0.717, 1.165) is 0 Å². The molecular weight excluding hydrogens is 352 g/mol. The van der Waals surface area contributed by atoms with Crippen molar-refractivity contribution in [2.75, 3.05) is 41.1 Å². The number of hydrogen-bond acceptors (Lipinski definition) is 8. The Bertz CT molecular complexity index is 781. The predicted molar refractivity (Wildman–Crippen MR) is 90.8 cm³/mol. The van der Waals surface area contributed by atoms with E-state index in [-0.39, 0.29) is 17.9 Å². The summed E-state index contributed by atoms with van der Waals surface area (Å²) in [4.78, 5) is 8.56. The smallest absolute Gasteiger partial charge is 0.331 e.